The Morgan fingerprint density at radius 1 is 1.19 bits per heavy atom. The van der Waals surface area contributed by atoms with Crippen LogP contribution in [0.4, 0.5) is 15.8 Å². The van der Waals surface area contributed by atoms with Crippen molar-refractivity contribution in [1.29, 1.82) is 0 Å². The summed E-state index contributed by atoms with van der Waals surface area (Å²) in [6.45, 7) is 0.952. The minimum atomic E-state index is -0.424. The number of hydrogen-bond donors (Lipinski definition) is 1. The molecule has 2 aromatic carbocycles. The highest BCUT2D eigenvalue weighted by Gasteiger charge is 2.14. The molecule has 0 aliphatic carbocycles. The number of nitro benzene ring substituents is 1. The number of rotatable bonds is 6. The number of nitrogens with zero attached hydrogens (tertiary/aromatic N) is 3. The molecule has 0 radical (unpaired) electrons. The summed E-state index contributed by atoms with van der Waals surface area (Å²) in [4.78, 5) is 16.6. The average molecular weight is 354 g/mol. The van der Waals surface area contributed by atoms with E-state index in [9.17, 15) is 14.5 Å². The monoisotopic (exact) mass is 354 g/mol. The molecule has 3 aromatic rings. The summed E-state index contributed by atoms with van der Waals surface area (Å²) in [5, 5.41) is 15.6. The molecule has 26 heavy (non-hydrogen) atoms. The van der Waals surface area contributed by atoms with Crippen molar-refractivity contribution >= 4 is 22.1 Å². The third kappa shape index (κ3) is 3.78. The zero-order valence-electron chi connectivity index (χ0n) is 14.6. The minimum absolute atomic E-state index is 0.0118. The molecule has 0 aliphatic heterocycles. The molecule has 0 spiro atoms. The minimum Gasteiger partial charge on any atom is -0.380 e. The first-order valence-corrected chi connectivity index (χ1v) is 8.12. The number of halogens is 1. The Morgan fingerprint density at radius 2 is 2.00 bits per heavy atom. The number of hydrogen-bond acceptors (Lipinski definition) is 5. The molecule has 0 bridgehead atoms. The lowest BCUT2D eigenvalue weighted by Gasteiger charge is -2.13. The molecule has 6 nitrogen and oxygen atoms in total. The van der Waals surface area contributed by atoms with Gasteiger partial charge in [0.25, 0.3) is 5.69 Å². The largest absolute Gasteiger partial charge is 0.380 e. The van der Waals surface area contributed by atoms with Crippen LogP contribution in [0.2, 0.25) is 0 Å². The van der Waals surface area contributed by atoms with Crippen LogP contribution in [0.1, 0.15) is 11.1 Å². The number of nitrogens with one attached hydrogen (secondary N) is 1. The molecule has 0 amide bonds. The number of benzene rings is 2. The first-order valence-electron chi connectivity index (χ1n) is 8.12. The van der Waals surface area contributed by atoms with E-state index in [1.807, 2.05) is 25.1 Å². The number of nitro groups is 1. The van der Waals surface area contributed by atoms with E-state index >= 15 is 0 Å². The molecule has 3 rings (SSSR count). The van der Waals surface area contributed by atoms with E-state index in [1.165, 1.54) is 18.3 Å². The van der Waals surface area contributed by atoms with E-state index in [0.717, 1.165) is 11.3 Å². The fourth-order valence-corrected chi connectivity index (χ4v) is 2.86. The van der Waals surface area contributed by atoms with Gasteiger partial charge in [0.05, 0.1) is 10.3 Å². The highest BCUT2D eigenvalue weighted by atomic mass is 19.1. The smallest absolute Gasteiger partial charge is 0.278 e. The number of anilines is 1. The summed E-state index contributed by atoms with van der Waals surface area (Å²) >= 11 is 0. The normalized spacial score (nSPS) is 11.1. The lowest BCUT2D eigenvalue weighted by atomic mass is 10.1. The highest BCUT2D eigenvalue weighted by Crippen LogP contribution is 2.31. The Balaban J connectivity index is 1.83. The predicted octanol–water partition coefficient (Wildman–Crippen LogP) is 3.96. The summed E-state index contributed by atoms with van der Waals surface area (Å²) in [6.07, 6.45) is 3.07. The Labute approximate surface area is 150 Å². The fraction of sp³-hybridized carbons (Fsp3) is 0.211. The third-order valence-corrected chi connectivity index (χ3v) is 4.08. The molecule has 0 atom stereocenters. The zero-order valence-corrected chi connectivity index (χ0v) is 14.6. The van der Waals surface area contributed by atoms with Crippen molar-refractivity contribution in [2.45, 2.75) is 13.1 Å². The van der Waals surface area contributed by atoms with Crippen molar-refractivity contribution in [3.8, 4) is 0 Å². The summed E-state index contributed by atoms with van der Waals surface area (Å²) in [5.74, 6) is -0.240. The summed E-state index contributed by atoms with van der Waals surface area (Å²) < 4.78 is 14.2. The van der Waals surface area contributed by atoms with Gasteiger partial charge in [0.15, 0.2) is 0 Å². The summed E-state index contributed by atoms with van der Waals surface area (Å²) in [5.41, 5.74) is 2.19. The standard InChI is InChI=1S/C19H19FN4O2/c1-23(2)12-14-4-3-13(9-17(14)20)10-22-18-5-6-19(24(25)26)16-11-21-8-7-15(16)18/h3-9,11,22H,10,12H2,1-2H3. The highest BCUT2D eigenvalue weighted by molar-refractivity contribution is 5.99. The molecule has 7 heteroatoms. The molecule has 1 N–H and O–H groups in total. The lowest BCUT2D eigenvalue weighted by Crippen LogP contribution is -2.12. The van der Waals surface area contributed by atoms with E-state index in [0.29, 0.717) is 29.4 Å². The van der Waals surface area contributed by atoms with Gasteiger partial charge in [0.1, 0.15) is 5.82 Å². The number of fused-ring (bicyclic) bond motifs is 1. The molecule has 0 saturated carbocycles. The molecular formula is C19H19FN4O2. The van der Waals surface area contributed by atoms with Gasteiger partial charge in [-0.1, -0.05) is 12.1 Å². The van der Waals surface area contributed by atoms with Gasteiger partial charge < -0.3 is 10.2 Å². The molecule has 0 unspecified atom stereocenters. The van der Waals surface area contributed by atoms with Crippen LogP contribution in [-0.4, -0.2) is 28.9 Å². The van der Waals surface area contributed by atoms with Crippen molar-refractivity contribution in [2.75, 3.05) is 19.4 Å². The maximum Gasteiger partial charge on any atom is 0.278 e. The molecular weight excluding hydrogens is 335 g/mol. The van der Waals surface area contributed by atoms with Gasteiger partial charge in [0.2, 0.25) is 0 Å². The van der Waals surface area contributed by atoms with E-state index < -0.39 is 4.92 Å². The maximum atomic E-state index is 14.2. The molecule has 0 saturated heterocycles. The van der Waals surface area contributed by atoms with Crippen LogP contribution in [0.3, 0.4) is 0 Å². The van der Waals surface area contributed by atoms with Crippen molar-refractivity contribution in [3.05, 3.63) is 75.9 Å². The van der Waals surface area contributed by atoms with Crippen LogP contribution < -0.4 is 5.32 Å². The van der Waals surface area contributed by atoms with Gasteiger partial charge in [-0.15, -0.1) is 0 Å². The lowest BCUT2D eigenvalue weighted by molar-refractivity contribution is -0.383. The van der Waals surface area contributed by atoms with E-state index in [2.05, 4.69) is 10.3 Å². The third-order valence-electron chi connectivity index (χ3n) is 4.08. The van der Waals surface area contributed by atoms with Crippen molar-refractivity contribution in [1.82, 2.24) is 9.88 Å². The van der Waals surface area contributed by atoms with E-state index in [4.69, 9.17) is 0 Å². The zero-order chi connectivity index (χ0) is 18.7. The summed E-state index contributed by atoms with van der Waals surface area (Å²) in [6, 6.07) is 10.0. The van der Waals surface area contributed by atoms with Crippen LogP contribution in [0.15, 0.2) is 48.8 Å². The van der Waals surface area contributed by atoms with Crippen LogP contribution in [-0.2, 0) is 13.1 Å². The summed E-state index contributed by atoms with van der Waals surface area (Å²) in [7, 11) is 3.78. The van der Waals surface area contributed by atoms with Crippen LogP contribution in [0.5, 0.6) is 0 Å². The molecule has 1 heterocycles. The van der Waals surface area contributed by atoms with Gasteiger partial charge in [-0.25, -0.2) is 4.39 Å². The molecule has 134 valence electrons. The van der Waals surface area contributed by atoms with Crippen molar-refractivity contribution in [2.24, 2.45) is 0 Å². The Kier molecular flexibility index (Phi) is 5.09. The van der Waals surface area contributed by atoms with E-state index in [1.54, 1.807) is 24.4 Å². The van der Waals surface area contributed by atoms with Crippen LogP contribution in [0, 0.1) is 15.9 Å². The fourth-order valence-electron chi connectivity index (χ4n) is 2.86. The van der Waals surface area contributed by atoms with Gasteiger partial charge >= 0.3 is 0 Å². The van der Waals surface area contributed by atoms with Gasteiger partial charge in [0, 0.05) is 48.2 Å². The number of aromatic nitrogens is 1. The molecule has 0 aliphatic rings. The van der Waals surface area contributed by atoms with Crippen molar-refractivity contribution in [3.63, 3.8) is 0 Å². The van der Waals surface area contributed by atoms with E-state index in [-0.39, 0.29) is 11.5 Å². The van der Waals surface area contributed by atoms with Crippen molar-refractivity contribution < 1.29 is 9.31 Å². The first kappa shape index (κ1) is 17.8. The average Bonchev–Trinajstić information content (AvgIpc) is 2.61. The molecule has 0 fully saturated rings. The maximum absolute atomic E-state index is 14.2. The Morgan fingerprint density at radius 3 is 2.69 bits per heavy atom. The topological polar surface area (TPSA) is 71.3 Å². The second kappa shape index (κ2) is 7.45. The predicted molar refractivity (Wildman–Crippen MR) is 99.5 cm³/mol. The second-order valence-electron chi connectivity index (χ2n) is 6.33. The van der Waals surface area contributed by atoms with Gasteiger partial charge in [-0.05, 0) is 37.9 Å². The Bertz CT molecular complexity index is 959. The quantitative estimate of drug-likeness (QED) is 0.536. The van der Waals surface area contributed by atoms with Gasteiger partial charge in [-0.2, -0.15) is 0 Å². The Hall–Kier alpha value is -3.06. The molecule has 1 aromatic heterocycles. The van der Waals surface area contributed by atoms with Crippen LogP contribution >= 0.6 is 0 Å². The number of pyridine rings is 1. The van der Waals surface area contributed by atoms with Crippen LogP contribution in [0.25, 0.3) is 10.8 Å². The second-order valence-corrected chi connectivity index (χ2v) is 6.33. The first-order chi connectivity index (χ1) is 12.5. The van der Waals surface area contributed by atoms with Gasteiger partial charge in [-0.3, -0.25) is 15.1 Å². The SMILES string of the molecule is CN(C)Cc1ccc(CNc2ccc([N+](=O)[O-])c3cnccc23)cc1F. The number of non-ortho nitro benzene ring substituents is 1.